The van der Waals surface area contributed by atoms with E-state index in [4.69, 9.17) is 0 Å². The minimum atomic E-state index is -0.569. The first kappa shape index (κ1) is 22.5. The number of hydrogen-bond donors (Lipinski definition) is 1. The topological polar surface area (TPSA) is 37.3 Å². The quantitative estimate of drug-likeness (QED) is 0.283. The minimum absolute atomic E-state index is 0.449. The van der Waals surface area contributed by atoms with Crippen LogP contribution in [0.2, 0.25) is 0 Å². The predicted molar refractivity (Wildman–Crippen MR) is 101 cm³/mol. The molecule has 0 bridgehead atoms. The number of hydrogen-bond acceptors (Lipinski definition) is 1. The SMILES string of the molecule is CCCCCCCCCCCCCC(CC)(CCCC)C(=O)O. The monoisotopic (exact) mass is 326 g/mol. The summed E-state index contributed by atoms with van der Waals surface area (Å²) in [6, 6.07) is 0. The minimum Gasteiger partial charge on any atom is -0.481 e. The Morgan fingerprint density at radius 3 is 1.43 bits per heavy atom. The summed E-state index contributed by atoms with van der Waals surface area (Å²) in [6.45, 7) is 6.45. The molecule has 0 saturated heterocycles. The third-order valence-electron chi connectivity index (χ3n) is 5.40. The van der Waals surface area contributed by atoms with Crippen LogP contribution in [0.25, 0.3) is 0 Å². The van der Waals surface area contributed by atoms with Gasteiger partial charge in [0.25, 0.3) is 0 Å². The Morgan fingerprint density at radius 1 is 0.652 bits per heavy atom. The van der Waals surface area contributed by atoms with Gasteiger partial charge in [-0.2, -0.15) is 0 Å². The number of rotatable bonds is 17. The van der Waals surface area contributed by atoms with Crippen LogP contribution < -0.4 is 0 Å². The van der Waals surface area contributed by atoms with E-state index in [9.17, 15) is 9.90 Å². The molecule has 0 rings (SSSR count). The molecule has 2 nitrogen and oxygen atoms in total. The Labute approximate surface area is 145 Å². The summed E-state index contributed by atoms with van der Waals surface area (Å²) in [5, 5.41) is 9.61. The second-order valence-corrected chi connectivity index (χ2v) is 7.33. The van der Waals surface area contributed by atoms with Crippen molar-refractivity contribution >= 4 is 5.97 Å². The first-order valence-electron chi connectivity index (χ1n) is 10.4. The molecule has 0 aromatic rings. The fraction of sp³-hybridized carbons (Fsp3) is 0.952. The summed E-state index contributed by atoms with van der Waals surface area (Å²) in [6.07, 6.45) is 19.2. The highest BCUT2D eigenvalue weighted by Crippen LogP contribution is 2.35. The molecule has 1 atom stereocenters. The van der Waals surface area contributed by atoms with Crippen molar-refractivity contribution < 1.29 is 9.90 Å². The predicted octanol–water partition coefficient (Wildman–Crippen LogP) is 7.36. The molecule has 0 aliphatic rings. The van der Waals surface area contributed by atoms with E-state index in [-0.39, 0.29) is 0 Å². The van der Waals surface area contributed by atoms with Crippen LogP contribution in [0.3, 0.4) is 0 Å². The second kappa shape index (κ2) is 15.0. The van der Waals surface area contributed by atoms with Gasteiger partial charge in [-0.15, -0.1) is 0 Å². The number of carbonyl (C=O) groups is 1. The summed E-state index contributed by atoms with van der Waals surface area (Å²) >= 11 is 0. The molecule has 23 heavy (non-hydrogen) atoms. The van der Waals surface area contributed by atoms with Gasteiger partial charge in [0.15, 0.2) is 0 Å². The first-order chi connectivity index (χ1) is 11.1. The largest absolute Gasteiger partial charge is 0.481 e. The summed E-state index contributed by atoms with van der Waals surface area (Å²) in [5.74, 6) is -0.569. The molecule has 2 heteroatoms. The highest BCUT2D eigenvalue weighted by Gasteiger charge is 2.35. The molecule has 1 unspecified atom stereocenters. The molecular weight excluding hydrogens is 284 g/mol. The average Bonchev–Trinajstić information content (AvgIpc) is 2.55. The molecule has 1 N–H and O–H groups in total. The molecule has 0 aromatic heterocycles. The fourth-order valence-corrected chi connectivity index (χ4v) is 3.49. The van der Waals surface area contributed by atoms with Crippen LogP contribution in [-0.4, -0.2) is 11.1 Å². The van der Waals surface area contributed by atoms with Crippen molar-refractivity contribution in [2.45, 2.75) is 124 Å². The van der Waals surface area contributed by atoms with Gasteiger partial charge in [-0.1, -0.05) is 104 Å². The highest BCUT2D eigenvalue weighted by molar-refractivity contribution is 5.74. The first-order valence-corrected chi connectivity index (χ1v) is 10.4. The van der Waals surface area contributed by atoms with Crippen LogP contribution >= 0.6 is 0 Å². The van der Waals surface area contributed by atoms with Crippen molar-refractivity contribution in [2.24, 2.45) is 5.41 Å². The molecule has 0 aliphatic carbocycles. The maximum Gasteiger partial charge on any atom is 0.309 e. The van der Waals surface area contributed by atoms with Gasteiger partial charge in [0.05, 0.1) is 5.41 Å². The van der Waals surface area contributed by atoms with Gasteiger partial charge in [0.1, 0.15) is 0 Å². The summed E-state index contributed by atoms with van der Waals surface area (Å²) in [7, 11) is 0. The van der Waals surface area contributed by atoms with Crippen molar-refractivity contribution in [1.82, 2.24) is 0 Å². The van der Waals surface area contributed by atoms with Crippen molar-refractivity contribution in [1.29, 1.82) is 0 Å². The molecule has 0 saturated carbocycles. The molecule has 0 aliphatic heterocycles. The van der Waals surface area contributed by atoms with E-state index < -0.39 is 11.4 Å². The number of unbranched alkanes of at least 4 members (excludes halogenated alkanes) is 11. The maximum absolute atomic E-state index is 11.7. The zero-order chi connectivity index (χ0) is 17.4. The van der Waals surface area contributed by atoms with E-state index in [1.54, 1.807) is 0 Å². The van der Waals surface area contributed by atoms with Gasteiger partial charge in [-0.05, 0) is 19.3 Å². The van der Waals surface area contributed by atoms with Crippen LogP contribution in [-0.2, 0) is 4.79 Å². The maximum atomic E-state index is 11.7. The lowest BCUT2D eigenvalue weighted by Crippen LogP contribution is -2.30. The molecule has 0 spiro atoms. The van der Waals surface area contributed by atoms with Crippen LogP contribution in [0, 0.1) is 5.41 Å². The smallest absolute Gasteiger partial charge is 0.309 e. The third-order valence-corrected chi connectivity index (χ3v) is 5.40. The van der Waals surface area contributed by atoms with Gasteiger partial charge in [0, 0.05) is 0 Å². The lowest BCUT2D eigenvalue weighted by Gasteiger charge is -2.28. The molecule has 0 fully saturated rings. The van der Waals surface area contributed by atoms with Crippen molar-refractivity contribution in [2.75, 3.05) is 0 Å². The number of carboxylic acids is 1. The Bertz CT molecular complexity index is 275. The summed E-state index contributed by atoms with van der Waals surface area (Å²) in [5.41, 5.74) is -0.449. The van der Waals surface area contributed by atoms with E-state index in [1.165, 1.54) is 64.2 Å². The standard InChI is InChI=1S/C21H42O2/c1-4-7-9-10-11-12-13-14-15-16-17-19-21(6-3,20(22)23)18-8-5-2/h4-19H2,1-3H3,(H,22,23). The van der Waals surface area contributed by atoms with Crippen LogP contribution in [0.1, 0.15) is 124 Å². The molecule has 138 valence electrons. The van der Waals surface area contributed by atoms with Crippen LogP contribution in [0.4, 0.5) is 0 Å². The van der Waals surface area contributed by atoms with E-state index >= 15 is 0 Å². The second-order valence-electron chi connectivity index (χ2n) is 7.33. The van der Waals surface area contributed by atoms with Gasteiger partial charge in [-0.25, -0.2) is 0 Å². The molecule has 0 radical (unpaired) electrons. The van der Waals surface area contributed by atoms with Gasteiger partial charge >= 0.3 is 5.97 Å². The van der Waals surface area contributed by atoms with Crippen molar-refractivity contribution in [3.8, 4) is 0 Å². The van der Waals surface area contributed by atoms with Crippen LogP contribution in [0.5, 0.6) is 0 Å². The Morgan fingerprint density at radius 2 is 1.04 bits per heavy atom. The highest BCUT2D eigenvalue weighted by atomic mass is 16.4. The van der Waals surface area contributed by atoms with Crippen molar-refractivity contribution in [3.05, 3.63) is 0 Å². The normalized spacial score (nSPS) is 13.9. The van der Waals surface area contributed by atoms with Gasteiger partial charge < -0.3 is 5.11 Å². The average molecular weight is 327 g/mol. The number of carboxylic acid groups (broad SMARTS) is 1. The lowest BCUT2D eigenvalue weighted by molar-refractivity contribution is -0.150. The zero-order valence-corrected chi connectivity index (χ0v) is 16.2. The lowest BCUT2D eigenvalue weighted by atomic mass is 9.76. The van der Waals surface area contributed by atoms with E-state index in [0.717, 1.165) is 38.5 Å². The Kier molecular flexibility index (Phi) is 14.7. The van der Waals surface area contributed by atoms with Crippen LogP contribution in [0.15, 0.2) is 0 Å². The fourth-order valence-electron chi connectivity index (χ4n) is 3.49. The molecule has 0 amide bonds. The molecular formula is C21H42O2. The van der Waals surface area contributed by atoms with E-state index in [2.05, 4.69) is 13.8 Å². The Hall–Kier alpha value is -0.530. The van der Waals surface area contributed by atoms with Gasteiger partial charge in [-0.3, -0.25) is 4.79 Å². The number of aliphatic carboxylic acids is 1. The summed E-state index contributed by atoms with van der Waals surface area (Å²) in [4.78, 5) is 11.7. The Balaban J connectivity index is 3.68. The third kappa shape index (κ3) is 10.8. The summed E-state index contributed by atoms with van der Waals surface area (Å²) < 4.78 is 0. The molecule has 0 heterocycles. The van der Waals surface area contributed by atoms with Gasteiger partial charge in [0.2, 0.25) is 0 Å². The zero-order valence-electron chi connectivity index (χ0n) is 16.2. The van der Waals surface area contributed by atoms with E-state index in [0.29, 0.717) is 0 Å². The molecule has 0 aromatic carbocycles. The van der Waals surface area contributed by atoms with Crippen molar-refractivity contribution in [3.63, 3.8) is 0 Å². The van der Waals surface area contributed by atoms with E-state index in [1.807, 2.05) is 6.92 Å².